The zero-order chi connectivity index (χ0) is 42.1. The van der Waals surface area contributed by atoms with E-state index in [0.29, 0.717) is 12.8 Å². The molecule has 57 heavy (non-hydrogen) atoms. The van der Waals surface area contributed by atoms with Crippen LogP contribution in [0.2, 0.25) is 0 Å². The predicted octanol–water partition coefficient (Wildman–Crippen LogP) is 11.2. The van der Waals surface area contributed by atoms with Crippen molar-refractivity contribution in [1.29, 1.82) is 0 Å². The van der Waals surface area contributed by atoms with E-state index in [4.69, 9.17) is 14.2 Å². The average molecular weight is 800 g/mol. The summed E-state index contributed by atoms with van der Waals surface area (Å²) in [5.41, 5.74) is 0. The molecular formula is C49H85NO7. The van der Waals surface area contributed by atoms with Gasteiger partial charge in [0.05, 0.1) is 40.3 Å². The Hall–Kier alpha value is -2.97. The van der Waals surface area contributed by atoms with Crippen molar-refractivity contribution in [1.82, 2.24) is 0 Å². The van der Waals surface area contributed by atoms with E-state index in [0.717, 1.165) is 32.1 Å². The van der Waals surface area contributed by atoms with Crippen LogP contribution in [0.25, 0.3) is 0 Å². The highest BCUT2D eigenvalue weighted by molar-refractivity contribution is 5.70. The standard InChI is InChI=1S/C49H85NO7/c1-6-8-10-12-14-16-18-20-21-22-23-24-25-26-28-29-31-33-35-37-39-47(51)56-44-45(43-55-42-41-46(49(53)54)50(3,4)5)57-48(52)40-38-36-34-32-30-27-19-17-15-13-11-9-7-2/h9,11,13,15,17,19,27,30,32,34,45-46H,6-8,10,12,14,16,18,20-26,28-29,31,33,35-44H2,1-5H3/b11-9+,15-13+,19-17+,30-27+,34-32+. The van der Waals surface area contributed by atoms with E-state index in [1.807, 2.05) is 54.7 Å². The summed E-state index contributed by atoms with van der Waals surface area (Å²) in [5.74, 6) is -1.83. The number of quaternary nitrogens is 1. The highest BCUT2D eigenvalue weighted by atomic mass is 16.6. The van der Waals surface area contributed by atoms with E-state index in [9.17, 15) is 19.5 Å². The van der Waals surface area contributed by atoms with Gasteiger partial charge in [-0.25, -0.2) is 0 Å². The zero-order valence-corrected chi connectivity index (χ0v) is 37.2. The van der Waals surface area contributed by atoms with Gasteiger partial charge >= 0.3 is 11.9 Å². The Morgan fingerprint density at radius 1 is 0.544 bits per heavy atom. The molecule has 0 heterocycles. The summed E-state index contributed by atoms with van der Waals surface area (Å²) in [6.07, 6.45) is 48.4. The number of hydrogen-bond acceptors (Lipinski definition) is 7. The Labute approximate surface area is 349 Å². The summed E-state index contributed by atoms with van der Waals surface area (Å²) in [4.78, 5) is 36.8. The molecule has 0 N–H and O–H groups in total. The van der Waals surface area contributed by atoms with Crippen LogP contribution in [-0.4, -0.2) is 75.5 Å². The molecule has 0 aliphatic rings. The van der Waals surface area contributed by atoms with E-state index in [1.54, 1.807) is 21.1 Å². The predicted molar refractivity (Wildman–Crippen MR) is 236 cm³/mol. The summed E-state index contributed by atoms with van der Waals surface area (Å²) in [5, 5.41) is 11.6. The Morgan fingerprint density at radius 2 is 0.982 bits per heavy atom. The molecule has 0 aromatic carbocycles. The lowest BCUT2D eigenvalue weighted by molar-refractivity contribution is -0.889. The number of nitrogens with zero attached hydrogens (tertiary/aromatic N) is 1. The first-order valence-corrected chi connectivity index (χ1v) is 22.9. The molecule has 0 aromatic rings. The maximum atomic E-state index is 12.7. The third-order valence-corrected chi connectivity index (χ3v) is 10.0. The van der Waals surface area contributed by atoms with Gasteiger partial charge in [0.2, 0.25) is 0 Å². The van der Waals surface area contributed by atoms with Gasteiger partial charge < -0.3 is 28.6 Å². The highest BCUT2D eigenvalue weighted by Gasteiger charge is 2.25. The molecule has 2 unspecified atom stereocenters. The fraction of sp³-hybridized carbons (Fsp3) is 0.735. The molecule has 0 aromatic heterocycles. The Morgan fingerprint density at radius 3 is 1.44 bits per heavy atom. The number of carboxylic acid groups (broad SMARTS) is 1. The van der Waals surface area contributed by atoms with E-state index in [-0.39, 0.29) is 49.1 Å². The molecule has 0 bridgehead atoms. The number of hydrogen-bond donors (Lipinski definition) is 0. The van der Waals surface area contributed by atoms with Crippen LogP contribution in [0, 0.1) is 0 Å². The molecule has 0 saturated carbocycles. The van der Waals surface area contributed by atoms with E-state index < -0.39 is 18.1 Å². The van der Waals surface area contributed by atoms with Crippen LogP contribution >= 0.6 is 0 Å². The number of ether oxygens (including phenoxy) is 3. The highest BCUT2D eigenvalue weighted by Crippen LogP contribution is 2.16. The van der Waals surface area contributed by atoms with E-state index in [2.05, 4.69) is 19.9 Å². The molecule has 0 spiro atoms. The molecule has 328 valence electrons. The topological polar surface area (TPSA) is 102 Å². The summed E-state index contributed by atoms with van der Waals surface area (Å²) >= 11 is 0. The lowest BCUT2D eigenvalue weighted by atomic mass is 10.0. The van der Waals surface area contributed by atoms with Gasteiger partial charge in [-0.3, -0.25) is 9.59 Å². The second kappa shape index (κ2) is 39.8. The van der Waals surface area contributed by atoms with Crippen LogP contribution in [0.4, 0.5) is 0 Å². The summed E-state index contributed by atoms with van der Waals surface area (Å²) < 4.78 is 17.1. The number of carboxylic acids is 1. The average Bonchev–Trinajstić information content (AvgIpc) is 3.17. The maximum absolute atomic E-state index is 12.7. The van der Waals surface area contributed by atoms with Crippen LogP contribution < -0.4 is 5.11 Å². The number of carbonyl (C=O) groups is 3. The van der Waals surface area contributed by atoms with Crippen LogP contribution in [0.15, 0.2) is 60.8 Å². The lowest BCUT2D eigenvalue weighted by Gasteiger charge is -2.34. The summed E-state index contributed by atoms with van der Waals surface area (Å²) in [6, 6.07) is -0.739. The molecule has 0 amide bonds. The second-order valence-electron chi connectivity index (χ2n) is 16.4. The number of allylic oxidation sites excluding steroid dienone is 10. The van der Waals surface area contributed by atoms with Gasteiger partial charge in [0.25, 0.3) is 0 Å². The quantitative estimate of drug-likeness (QED) is 0.0263. The molecule has 0 radical (unpaired) electrons. The first-order chi connectivity index (χ1) is 27.6. The van der Waals surface area contributed by atoms with Crippen molar-refractivity contribution in [3.05, 3.63) is 60.8 Å². The molecular weight excluding hydrogens is 715 g/mol. The molecule has 0 rings (SSSR count). The normalized spacial score (nSPS) is 13.5. The summed E-state index contributed by atoms with van der Waals surface area (Å²) in [7, 11) is 5.38. The van der Waals surface area contributed by atoms with Crippen LogP contribution in [0.3, 0.4) is 0 Å². The number of esters is 2. The fourth-order valence-electron chi connectivity index (χ4n) is 6.51. The van der Waals surface area contributed by atoms with Gasteiger partial charge in [-0.2, -0.15) is 0 Å². The van der Waals surface area contributed by atoms with Gasteiger partial charge in [-0.15, -0.1) is 0 Å². The van der Waals surface area contributed by atoms with Crippen molar-refractivity contribution >= 4 is 17.9 Å². The maximum Gasteiger partial charge on any atom is 0.306 e. The Bertz CT molecular complexity index is 1120. The monoisotopic (exact) mass is 800 g/mol. The Kier molecular flexibility index (Phi) is 37.8. The summed E-state index contributed by atoms with van der Waals surface area (Å²) in [6.45, 7) is 4.45. The minimum atomic E-state index is -1.14. The van der Waals surface area contributed by atoms with Gasteiger partial charge in [-0.1, -0.05) is 197 Å². The third kappa shape index (κ3) is 38.3. The molecule has 0 saturated heterocycles. The largest absolute Gasteiger partial charge is 0.544 e. The first-order valence-electron chi connectivity index (χ1n) is 22.9. The van der Waals surface area contributed by atoms with Gasteiger partial charge in [-0.05, 0) is 25.7 Å². The zero-order valence-electron chi connectivity index (χ0n) is 37.2. The van der Waals surface area contributed by atoms with Crippen molar-refractivity contribution in [3.63, 3.8) is 0 Å². The van der Waals surface area contributed by atoms with Crippen molar-refractivity contribution in [3.8, 4) is 0 Å². The smallest absolute Gasteiger partial charge is 0.306 e. The second-order valence-corrected chi connectivity index (χ2v) is 16.4. The SMILES string of the molecule is CC/C=C/C=C/C=C/C=C/C=C/CCCC(=O)OC(COCCC(C(=O)[O-])[N+](C)(C)C)COC(=O)CCCCCCCCCCCCCCCCCCCCCC. The fourth-order valence-corrected chi connectivity index (χ4v) is 6.51. The molecule has 8 nitrogen and oxygen atoms in total. The van der Waals surface area contributed by atoms with Crippen molar-refractivity contribution in [2.24, 2.45) is 0 Å². The van der Waals surface area contributed by atoms with Crippen molar-refractivity contribution < 1.29 is 38.2 Å². The van der Waals surface area contributed by atoms with Crippen LogP contribution in [0.1, 0.15) is 181 Å². The third-order valence-electron chi connectivity index (χ3n) is 10.0. The van der Waals surface area contributed by atoms with Crippen molar-refractivity contribution in [2.45, 2.75) is 193 Å². The van der Waals surface area contributed by atoms with Crippen LogP contribution in [0.5, 0.6) is 0 Å². The van der Waals surface area contributed by atoms with Gasteiger partial charge in [0.1, 0.15) is 12.6 Å². The number of unbranched alkanes of at least 4 members (excludes halogenated alkanes) is 20. The van der Waals surface area contributed by atoms with Gasteiger partial charge in [0, 0.05) is 19.3 Å². The van der Waals surface area contributed by atoms with Gasteiger partial charge in [0.15, 0.2) is 6.10 Å². The number of rotatable bonds is 40. The number of likely N-dealkylation sites (N-methyl/N-ethyl adjacent to an activating group) is 1. The van der Waals surface area contributed by atoms with Crippen molar-refractivity contribution in [2.75, 3.05) is 41.0 Å². The minimum absolute atomic E-state index is 0.0114. The lowest BCUT2D eigenvalue weighted by Crippen LogP contribution is -2.55. The molecule has 0 aliphatic carbocycles. The van der Waals surface area contributed by atoms with E-state index >= 15 is 0 Å². The molecule has 8 heteroatoms. The number of carbonyl (C=O) groups excluding carboxylic acids is 3. The number of aliphatic carboxylic acids is 1. The van der Waals surface area contributed by atoms with E-state index in [1.165, 1.54) is 109 Å². The minimum Gasteiger partial charge on any atom is -0.544 e. The first kappa shape index (κ1) is 54.0. The molecule has 0 fully saturated rings. The Balaban J connectivity index is 4.32. The van der Waals surface area contributed by atoms with Crippen LogP contribution in [-0.2, 0) is 28.6 Å². The molecule has 2 atom stereocenters. The molecule has 0 aliphatic heterocycles.